The largest absolute Gasteiger partial charge is 0.398 e. The first-order valence-electron chi connectivity index (χ1n) is 5.82. The lowest BCUT2D eigenvalue weighted by atomic mass is 10.0. The number of carbonyl (C=O) groups is 1. The second kappa shape index (κ2) is 4.55. The number of para-hydroxylation sites is 1. The van der Waals surface area contributed by atoms with Crippen molar-refractivity contribution in [1.82, 2.24) is 4.98 Å². The summed E-state index contributed by atoms with van der Waals surface area (Å²) < 4.78 is 0.940. The molecule has 4 heteroatoms. The second-order valence-electron chi connectivity index (χ2n) is 4.31. The molecule has 0 atom stereocenters. The lowest BCUT2D eigenvalue weighted by Gasteiger charge is -2.03. The molecule has 19 heavy (non-hydrogen) atoms. The van der Waals surface area contributed by atoms with Crippen LogP contribution >= 0.6 is 15.9 Å². The molecule has 3 N–H and O–H groups in total. The number of nitrogen functional groups attached to an aromatic ring is 1. The lowest BCUT2D eigenvalue weighted by molar-refractivity contribution is 0.104. The summed E-state index contributed by atoms with van der Waals surface area (Å²) in [4.78, 5) is 15.6. The van der Waals surface area contributed by atoms with Gasteiger partial charge in [-0.1, -0.05) is 28.1 Å². The number of hydrogen-bond donors (Lipinski definition) is 2. The molecule has 0 radical (unpaired) electrons. The van der Waals surface area contributed by atoms with E-state index < -0.39 is 0 Å². The number of anilines is 1. The third-order valence-corrected chi connectivity index (χ3v) is 3.59. The predicted molar refractivity (Wildman–Crippen MR) is 80.3 cm³/mol. The van der Waals surface area contributed by atoms with Gasteiger partial charge >= 0.3 is 0 Å². The van der Waals surface area contributed by atoms with Crippen LogP contribution in [0.25, 0.3) is 10.9 Å². The van der Waals surface area contributed by atoms with E-state index in [1.807, 2.05) is 30.3 Å². The average molecular weight is 315 g/mol. The zero-order valence-corrected chi connectivity index (χ0v) is 11.6. The Morgan fingerprint density at radius 3 is 2.68 bits per heavy atom. The van der Waals surface area contributed by atoms with Gasteiger partial charge in [0.15, 0.2) is 5.78 Å². The minimum absolute atomic E-state index is 0.0672. The number of rotatable bonds is 2. The van der Waals surface area contributed by atoms with Gasteiger partial charge < -0.3 is 10.7 Å². The monoisotopic (exact) mass is 314 g/mol. The van der Waals surface area contributed by atoms with Crippen molar-refractivity contribution in [1.29, 1.82) is 0 Å². The first kappa shape index (κ1) is 12.0. The van der Waals surface area contributed by atoms with Gasteiger partial charge in [-0.2, -0.15) is 0 Å². The van der Waals surface area contributed by atoms with Crippen molar-refractivity contribution in [2.45, 2.75) is 0 Å². The molecular weight excluding hydrogens is 304 g/mol. The summed E-state index contributed by atoms with van der Waals surface area (Å²) in [6.07, 6.45) is 1.73. The molecule has 0 aliphatic carbocycles. The van der Waals surface area contributed by atoms with Gasteiger partial charge in [0.25, 0.3) is 0 Å². The summed E-state index contributed by atoms with van der Waals surface area (Å²) in [6.45, 7) is 0. The summed E-state index contributed by atoms with van der Waals surface area (Å²) in [5, 5.41) is 0.891. The van der Waals surface area contributed by atoms with Crippen LogP contribution in [0.2, 0.25) is 0 Å². The van der Waals surface area contributed by atoms with Gasteiger partial charge in [0.1, 0.15) is 0 Å². The standard InChI is InChI=1S/C15H11BrN2O/c16-9-5-6-14-11(7-9)12(8-18-14)15(19)10-3-1-2-4-13(10)17/h1-8,18H,17H2. The van der Waals surface area contributed by atoms with Crippen molar-refractivity contribution < 1.29 is 4.79 Å². The third kappa shape index (κ3) is 2.04. The van der Waals surface area contributed by atoms with Gasteiger partial charge in [0.2, 0.25) is 0 Å². The van der Waals surface area contributed by atoms with E-state index in [9.17, 15) is 4.79 Å². The molecule has 1 aromatic heterocycles. The summed E-state index contributed by atoms with van der Waals surface area (Å²) in [7, 11) is 0. The normalized spacial score (nSPS) is 10.8. The molecule has 0 aliphatic heterocycles. The molecule has 0 saturated heterocycles. The zero-order valence-electron chi connectivity index (χ0n) is 9.98. The molecule has 0 spiro atoms. The molecule has 3 rings (SSSR count). The van der Waals surface area contributed by atoms with Gasteiger partial charge in [0.05, 0.1) is 0 Å². The third-order valence-electron chi connectivity index (χ3n) is 3.09. The Hall–Kier alpha value is -2.07. The molecule has 0 aliphatic rings. The zero-order chi connectivity index (χ0) is 13.4. The first-order chi connectivity index (χ1) is 9.16. The topological polar surface area (TPSA) is 58.9 Å². The van der Waals surface area contributed by atoms with E-state index in [-0.39, 0.29) is 5.78 Å². The lowest BCUT2D eigenvalue weighted by Crippen LogP contribution is -2.04. The highest BCUT2D eigenvalue weighted by molar-refractivity contribution is 9.10. The number of aromatic nitrogens is 1. The van der Waals surface area contributed by atoms with E-state index in [2.05, 4.69) is 20.9 Å². The molecule has 0 unspecified atom stereocenters. The fourth-order valence-corrected chi connectivity index (χ4v) is 2.49. The minimum atomic E-state index is -0.0672. The maximum Gasteiger partial charge on any atom is 0.197 e. The van der Waals surface area contributed by atoms with Crippen molar-refractivity contribution in [3.63, 3.8) is 0 Å². The number of nitrogens with two attached hydrogens (primary N) is 1. The molecule has 3 nitrogen and oxygen atoms in total. The number of fused-ring (bicyclic) bond motifs is 1. The van der Waals surface area contributed by atoms with E-state index in [4.69, 9.17) is 5.73 Å². The van der Waals surface area contributed by atoms with E-state index in [1.165, 1.54) is 0 Å². The summed E-state index contributed by atoms with van der Waals surface area (Å²) in [5.41, 5.74) is 8.45. The molecule has 0 bridgehead atoms. The Bertz CT molecular complexity index is 777. The van der Waals surface area contributed by atoms with Gasteiger partial charge in [-0.25, -0.2) is 0 Å². The fourth-order valence-electron chi connectivity index (χ4n) is 2.13. The van der Waals surface area contributed by atoms with Crippen molar-refractivity contribution in [3.05, 3.63) is 64.3 Å². The van der Waals surface area contributed by atoms with Crippen LogP contribution in [-0.4, -0.2) is 10.8 Å². The molecule has 0 saturated carbocycles. The highest BCUT2D eigenvalue weighted by Crippen LogP contribution is 2.26. The second-order valence-corrected chi connectivity index (χ2v) is 5.22. The molecular formula is C15H11BrN2O. The number of halogens is 1. The number of H-pyrrole nitrogens is 1. The van der Waals surface area contributed by atoms with E-state index in [0.717, 1.165) is 15.4 Å². The Morgan fingerprint density at radius 1 is 1.11 bits per heavy atom. The van der Waals surface area contributed by atoms with E-state index in [0.29, 0.717) is 16.8 Å². The van der Waals surface area contributed by atoms with Crippen molar-refractivity contribution in [2.24, 2.45) is 0 Å². The van der Waals surface area contributed by atoms with Crippen LogP contribution in [-0.2, 0) is 0 Å². The van der Waals surface area contributed by atoms with Crippen LogP contribution in [0, 0.1) is 0 Å². The molecule has 0 fully saturated rings. The minimum Gasteiger partial charge on any atom is -0.398 e. The van der Waals surface area contributed by atoms with Crippen LogP contribution < -0.4 is 5.73 Å². The smallest absolute Gasteiger partial charge is 0.197 e. The van der Waals surface area contributed by atoms with E-state index >= 15 is 0 Å². The summed E-state index contributed by atoms with van der Waals surface area (Å²) in [6, 6.07) is 12.9. The van der Waals surface area contributed by atoms with Gasteiger partial charge in [-0.05, 0) is 30.3 Å². The van der Waals surface area contributed by atoms with Crippen LogP contribution in [0.1, 0.15) is 15.9 Å². The first-order valence-corrected chi connectivity index (χ1v) is 6.62. The number of aromatic amines is 1. The highest BCUT2D eigenvalue weighted by Gasteiger charge is 2.16. The molecule has 1 heterocycles. The Balaban J connectivity index is 2.17. The van der Waals surface area contributed by atoms with Crippen LogP contribution in [0.3, 0.4) is 0 Å². The Labute approximate surface area is 118 Å². The SMILES string of the molecule is Nc1ccccc1C(=O)c1c[nH]c2ccc(Br)cc12. The van der Waals surface area contributed by atoms with Crippen molar-refractivity contribution in [3.8, 4) is 0 Å². The number of hydrogen-bond acceptors (Lipinski definition) is 2. The van der Waals surface area contributed by atoms with Crippen LogP contribution in [0.15, 0.2) is 53.1 Å². The van der Waals surface area contributed by atoms with Crippen LogP contribution in [0.4, 0.5) is 5.69 Å². The molecule has 2 aromatic carbocycles. The number of benzene rings is 2. The highest BCUT2D eigenvalue weighted by atomic mass is 79.9. The Kier molecular flexibility index (Phi) is 2.87. The predicted octanol–water partition coefficient (Wildman–Crippen LogP) is 3.74. The van der Waals surface area contributed by atoms with Gasteiger partial charge in [0, 0.05) is 38.4 Å². The fraction of sp³-hybridized carbons (Fsp3) is 0. The van der Waals surface area contributed by atoms with Gasteiger partial charge in [-0.15, -0.1) is 0 Å². The van der Waals surface area contributed by atoms with Crippen molar-refractivity contribution >= 4 is 38.3 Å². The maximum atomic E-state index is 12.5. The van der Waals surface area contributed by atoms with Gasteiger partial charge in [-0.3, -0.25) is 4.79 Å². The quantitative estimate of drug-likeness (QED) is 0.559. The molecule has 0 amide bonds. The number of carbonyl (C=O) groups excluding carboxylic acids is 1. The van der Waals surface area contributed by atoms with Crippen LogP contribution in [0.5, 0.6) is 0 Å². The number of ketones is 1. The number of nitrogens with one attached hydrogen (secondary N) is 1. The van der Waals surface area contributed by atoms with Crippen molar-refractivity contribution in [2.75, 3.05) is 5.73 Å². The van der Waals surface area contributed by atoms with E-state index in [1.54, 1.807) is 18.3 Å². The molecule has 94 valence electrons. The maximum absolute atomic E-state index is 12.5. The Morgan fingerprint density at radius 2 is 1.89 bits per heavy atom. The molecule has 3 aromatic rings. The summed E-state index contributed by atoms with van der Waals surface area (Å²) >= 11 is 3.42. The summed E-state index contributed by atoms with van der Waals surface area (Å²) in [5.74, 6) is -0.0672. The average Bonchev–Trinajstić information content (AvgIpc) is 2.81.